The first-order chi connectivity index (χ1) is 12.4. The number of aromatic nitrogens is 3. The molecule has 0 fully saturated rings. The van der Waals surface area contributed by atoms with Gasteiger partial charge in [0.05, 0.1) is 29.7 Å². The van der Waals surface area contributed by atoms with Crippen molar-refractivity contribution in [2.75, 3.05) is 12.4 Å². The van der Waals surface area contributed by atoms with E-state index in [9.17, 15) is 4.79 Å². The van der Waals surface area contributed by atoms with Crippen LogP contribution in [0.3, 0.4) is 0 Å². The zero-order chi connectivity index (χ0) is 18.6. The van der Waals surface area contributed by atoms with Gasteiger partial charge in [0.2, 0.25) is 0 Å². The van der Waals surface area contributed by atoms with Crippen LogP contribution >= 0.6 is 11.8 Å². The van der Waals surface area contributed by atoms with Crippen LogP contribution in [-0.2, 0) is 11.3 Å². The van der Waals surface area contributed by atoms with Crippen LogP contribution in [0.4, 0.5) is 0 Å². The maximum Gasteiger partial charge on any atom is 0.262 e. The molecule has 0 unspecified atom stereocenters. The van der Waals surface area contributed by atoms with Crippen LogP contribution in [-0.4, -0.2) is 32.5 Å². The van der Waals surface area contributed by atoms with Crippen molar-refractivity contribution in [3.05, 3.63) is 64.7 Å². The molecule has 2 aromatic heterocycles. The fraction of sp³-hybridized carbons (Fsp3) is 0.350. The third kappa shape index (κ3) is 4.71. The number of rotatable bonds is 6. The van der Waals surface area contributed by atoms with Crippen LogP contribution in [0, 0.1) is 0 Å². The fourth-order valence-corrected chi connectivity index (χ4v) is 3.37. The maximum absolute atomic E-state index is 13.0. The summed E-state index contributed by atoms with van der Waals surface area (Å²) in [4.78, 5) is 21.9. The van der Waals surface area contributed by atoms with Gasteiger partial charge in [-0.1, -0.05) is 30.0 Å². The summed E-state index contributed by atoms with van der Waals surface area (Å²) in [5.74, 6) is 0.731. The summed E-state index contributed by atoms with van der Waals surface area (Å²) in [6.45, 7) is 7.15. The van der Waals surface area contributed by atoms with Gasteiger partial charge in [0.15, 0.2) is 5.16 Å². The summed E-state index contributed by atoms with van der Waals surface area (Å²) < 4.78 is 7.50. The van der Waals surface area contributed by atoms with Crippen molar-refractivity contribution in [2.45, 2.75) is 38.1 Å². The molecule has 0 atom stereocenters. The Balaban J connectivity index is 1.91. The normalized spacial score (nSPS) is 11.8. The number of fused-ring (bicyclic) bond motifs is 1. The molecular formula is C20H23N3O2S. The van der Waals surface area contributed by atoms with Gasteiger partial charge in [-0.3, -0.25) is 14.3 Å². The van der Waals surface area contributed by atoms with Crippen LogP contribution in [0.1, 0.15) is 26.3 Å². The van der Waals surface area contributed by atoms with Gasteiger partial charge in [-0.2, -0.15) is 0 Å². The Labute approximate surface area is 157 Å². The third-order valence-electron chi connectivity index (χ3n) is 3.74. The van der Waals surface area contributed by atoms with Gasteiger partial charge in [-0.05, 0) is 44.5 Å². The molecule has 3 rings (SSSR count). The number of thioether (sulfide) groups is 1. The number of para-hydroxylation sites is 1. The Kier molecular flexibility index (Phi) is 5.74. The highest BCUT2D eigenvalue weighted by molar-refractivity contribution is 7.99. The summed E-state index contributed by atoms with van der Waals surface area (Å²) >= 11 is 1.54. The summed E-state index contributed by atoms with van der Waals surface area (Å²) in [5, 5.41) is 1.33. The number of hydrogen-bond donors (Lipinski definition) is 0. The molecule has 0 amide bonds. The van der Waals surface area contributed by atoms with Gasteiger partial charge in [0.1, 0.15) is 0 Å². The SMILES string of the molecule is CC(C)(C)OCCSc1nc2ccccc2c(=O)n1Cc1cccnc1. The quantitative estimate of drug-likeness (QED) is 0.376. The Morgan fingerprint density at radius 1 is 1.15 bits per heavy atom. The lowest BCUT2D eigenvalue weighted by molar-refractivity contribution is 0.00692. The van der Waals surface area contributed by atoms with Gasteiger partial charge in [-0.15, -0.1) is 0 Å². The van der Waals surface area contributed by atoms with Crippen LogP contribution in [0.2, 0.25) is 0 Å². The lowest BCUT2D eigenvalue weighted by Gasteiger charge is -2.19. The van der Waals surface area contributed by atoms with E-state index in [2.05, 4.69) is 4.98 Å². The highest BCUT2D eigenvalue weighted by Gasteiger charge is 2.13. The standard InChI is InChI=1S/C20H23N3O2S/c1-20(2,3)25-11-12-26-19-22-17-9-5-4-8-16(17)18(24)23(19)14-15-7-6-10-21-13-15/h4-10,13H,11-12,14H2,1-3H3. The van der Waals surface area contributed by atoms with Gasteiger partial charge in [0, 0.05) is 18.1 Å². The largest absolute Gasteiger partial charge is 0.375 e. The number of hydrogen-bond acceptors (Lipinski definition) is 5. The molecule has 0 saturated carbocycles. The summed E-state index contributed by atoms with van der Waals surface area (Å²) in [7, 11) is 0. The first-order valence-electron chi connectivity index (χ1n) is 8.59. The second kappa shape index (κ2) is 8.01. The minimum Gasteiger partial charge on any atom is -0.375 e. The first-order valence-corrected chi connectivity index (χ1v) is 9.58. The molecule has 6 heteroatoms. The minimum atomic E-state index is -0.174. The third-order valence-corrected chi connectivity index (χ3v) is 4.68. The number of benzene rings is 1. The van der Waals surface area contributed by atoms with Crippen molar-refractivity contribution >= 4 is 22.7 Å². The van der Waals surface area contributed by atoms with E-state index in [1.54, 1.807) is 28.7 Å². The smallest absolute Gasteiger partial charge is 0.262 e. The second-order valence-electron chi connectivity index (χ2n) is 6.97. The molecular weight excluding hydrogens is 346 g/mol. The Morgan fingerprint density at radius 2 is 1.96 bits per heavy atom. The highest BCUT2D eigenvalue weighted by atomic mass is 32.2. The van der Waals surface area contributed by atoms with E-state index in [0.29, 0.717) is 23.7 Å². The molecule has 0 aliphatic carbocycles. The van der Waals surface area contributed by atoms with Gasteiger partial charge >= 0.3 is 0 Å². The van der Waals surface area contributed by atoms with E-state index in [1.807, 2.05) is 57.2 Å². The zero-order valence-electron chi connectivity index (χ0n) is 15.3. The minimum absolute atomic E-state index is 0.0290. The Morgan fingerprint density at radius 3 is 2.69 bits per heavy atom. The van der Waals surface area contributed by atoms with E-state index >= 15 is 0 Å². The van der Waals surface area contributed by atoms with Crippen molar-refractivity contribution in [3.8, 4) is 0 Å². The predicted molar refractivity (Wildman–Crippen MR) is 106 cm³/mol. The lowest BCUT2D eigenvalue weighted by atomic mass is 10.2. The molecule has 0 aliphatic rings. The molecule has 0 N–H and O–H groups in total. The average Bonchev–Trinajstić information content (AvgIpc) is 2.62. The molecule has 136 valence electrons. The lowest BCUT2D eigenvalue weighted by Crippen LogP contribution is -2.24. The van der Waals surface area contributed by atoms with Crippen molar-refractivity contribution in [1.82, 2.24) is 14.5 Å². The maximum atomic E-state index is 13.0. The van der Waals surface area contributed by atoms with Crippen molar-refractivity contribution < 1.29 is 4.74 Å². The molecule has 2 heterocycles. The summed E-state index contributed by atoms with van der Waals surface area (Å²) in [6, 6.07) is 11.3. The Hall–Kier alpha value is -2.18. The van der Waals surface area contributed by atoms with E-state index < -0.39 is 0 Å². The van der Waals surface area contributed by atoms with Gasteiger partial charge in [0.25, 0.3) is 5.56 Å². The van der Waals surface area contributed by atoms with E-state index in [-0.39, 0.29) is 11.2 Å². The predicted octanol–water partition coefficient (Wildman–Crippen LogP) is 3.75. The zero-order valence-corrected chi connectivity index (χ0v) is 16.1. The molecule has 0 saturated heterocycles. The van der Waals surface area contributed by atoms with Gasteiger partial charge < -0.3 is 4.74 Å². The van der Waals surface area contributed by atoms with Crippen LogP contribution in [0.15, 0.2) is 58.7 Å². The molecule has 3 aromatic rings. The molecule has 1 aromatic carbocycles. The van der Waals surface area contributed by atoms with E-state index in [0.717, 1.165) is 16.8 Å². The molecule has 26 heavy (non-hydrogen) atoms. The average molecular weight is 369 g/mol. The fourth-order valence-electron chi connectivity index (χ4n) is 2.55. The molecule has 0 aliphatic heterocycles. The summed E-state index contributed by atoms with van der Waals surface area (Å²) in [5.41, 5.74) is 1.49. The molecule has 0 radical (unpaired) electrons. The van der Waals surface area contributed by atoms with Crippen LogP contribution in [0.5, 0.6) is 0 Å². The monoisotopic (exact) mass is 369 g/mol. The number of ether oxygens (including phenoxy) is 1. The van der Waals surface area contributed by atoms with E-state index in [4.69, 9.17) is 9.72 Å². The van der Waals surface area contributed by atoms with Gasteiger partial charge in [-0.25, -0.2) is 4.98 Å². The second-order valence-corrected chi connectivity index (χ2v) is 8.04. The first kappa shape index (κ1) is 18.6. The van der Waals surface area contributed by atoms with Crippen molar-refractivity contribution in [1.29, 1.82) is 0 Å². The van der Waals surface area contributed by atoms with E-state index in [1.165, 1.54) is 0 Å². The van der Waals surface area contributed by atoms with Crippen molar-refractivity contribution in [2.24, 2.45) is 0 Å². The Bertz CT molecular complexity index is 933. The van der Waals surface area contributed by atoms with Crippen LogP contribution < -0.4 is 5.56 Å². The topological polar surface area (TPSA) is 57.0 Å². The highest BCUT2D eigenvalue weighted by Crippen LogP contribution is 2.19. The van der Waals surface area contributed by atoms with Crippen molar-refractivity contribution in [3.63, 3.8) is 0 Å². The molecule has 0 bridgehead atoms. The summed E-state index contributed by atoms with van der Waals surface area (Å²) in [6.07, 6.45) is 3.50. The number of nitrogens with zero attached hydrogens (tertiary/aromatic N) is 3. The van der Waals surface area contributed by atoms with Crippen LogP contribution in [0.25, 0.3) is 10.9 Å². The molecule has 5 nitrogen and oxygen atoms in total. The number of pyridine rings is 1. The molecule has 0 spiro atoms.